The van der Waals surface area contributed by atoms with Crippen LogP contribution in [0.4, 0.5) is 21.5 Å². The number of nitrogens with zero attached hydrogens (tertiary/aromatic N) is 2. The van der Waals surface area contributed by atoms with E-state index in [1.54, 1.807) is 23.3 Å². The number of anilines is 3. The number of benzene rings is 1. The zero-order chi connectivity index (χ0) is 14.2. The Morgan fingerprint density at radius 2 is 2.11 bits per heavy atom. The minimum absolute atomic E-state index is 0.106. The average Bonchev–Trinajstić information content (AvgIpc) is 2.72. The van der Waals surface area contributed by atoms with E-state index < -0.39 is 5.82 Å². The van der Waals surface area contributed by atoms with E-state index in [0.717, 1.165) is 10.7 Å². The Labute approximate surface area is 119 Å². The first-order chi connectivity index (χ1) is 8.90. The highest BCUT2D eigenvalue weighted by atomic mass is 35.5. The predicted octanol–water partition coefficient (Wildman–Crippen LogP) is 3.04. The van der Waals surface area contributed by atoms with Crippen molar-refractivity contribution in [3.63, 3.8) is 0 Å². The first kappa shape index (κ1) is 13.9. The van der Waals surface area contributed by atoms with Crippen molar-refractivity contribution >= 4 is 40.0 Å². The van der Waals surface area contributed by atoms with Gasteiger partial charge in [-0.15, -0.1) is 11.3 Å². The van der Waals surface area contributed by atoms with Crippen molar-refractivity contribution in [3.8, 4) is 0 Å². The molecular weight excluding hydrogens is 287 g/mol. The van der Waals surface area contributed by atoms with Gasteiger partial charge in [0.2, 0.25) is 0 Å². The summed E-state index contributed by atoms with van der Waals surface area (Å²) in [6.07, 6.45) is 0. The normalized spacial score (nSPS) is 10.7. The number of hydrogen-bond donors (Lipinski definition) is 2. The number of aryl methyl sites for hydroxylation is 1. The molecule has 0 radical (unpaired) electrons. The minimum Gasteiger partial charge on any atom is -0.397 e. The second kappa shape index (κ2) is 5.22. The van der Waals surface area contributed by atoms with Gasteiger partial charge in [0.1, 0.15) is 5.02 Å². The Hall–Kier alpha value is -1.53. The van der Waals surface area contributed by atoms with Crippen LogP contribution in [0.5, 0.6) is 0 Å². The van der Waals surface area contributed by atoms with Crippen molar-refractivity contribution in [1.29, 1.82) is 0 Å². The summed E-state index contributed by atoms with van der Waals surface area (Å²) in [5.41, 5.74) is 12.9. The molecule has 4 N–H and O–H groups in total. The van der Waals surface area contributed by atoms with Gasteiger partial charge in [0.05, 0.1) is 34.3 Å². The smallest absolute Gasteiger partial charge is 0.169 e. The monoisotopic (exact) mass is 300 g/mol. The van der Waals surface area contributed by atoms with Gasteiger partial charge in [-0.25, -0.2) is 9.37 Å². The van der Waals surface area contributed by atoms with Gasteiger partial charge < -0.3 is 16.4 Å². The van der Waals surface area contributed by atoms with Crippen molar-refractivity contribution in [2.45, 2.75) is 13.5 Å². The first-order valence-corrected chi connectivity index (χ1v) is 6.81. The highest BCUT2D eigenvalue weighted by Gasteiger charge is 2.18. The molecule has 1 aromatic heterocycles. The van der Waals surface area contributed by atoms with E-state index in [1.165, 1.54) is 6.07 Å². The highest BCUT2D eigenvalue weighted by Crippen LogP contribution is 2.36. The summed E-state index contributed by atoms with van der Waals surface area (Å²) >= 11 is 7.36. The van der Waals surface area contributed by atoms with Gasteiger partial charge in [0, 0.05) is 12.4 Å². The molecule has 0 amide bonds. The van der Waals surface area contributed by atoms with Crippen LogP contribution in [0.1, 0.15) is 10.7 Å². The molecule has 0 bridgehead atoms. The number of aromatic nitrogens is 1. The van der Waals surface area contributed by atoms with Crippen molar-refractivity contribution in [1.82, 2.24) is 4.98 Å². The predicted molar refractivity (Wildman–Crippen MR) is 79.2 cm³/mol. The third-order valence-electron chi connectivity index (χ3n) is 2.69. The summed E-state index contributed by atoms with van der Waals surface area (Å²) in [5.74, 6) is -0.603. The van der Waals surface area contributed by atoms with Gasteiger partial charge in [-0.05, 0) is 13.0 Å². The van der Waals surface area contributed by atoms with Crippen LogP contribution >= 0.6 is 22.9 Å². The van der Waals surface area contributed by atoms with E-state index in [4.69, 9.17) is 23.1 Å². The largest absolute Gasteiger partial charge is 0.397 e. The van der Waals surface area contributed by atoms with Crippen molar-refractivity contribution in [3.05, 3.63) is 33.0 Å². The van der Waals surface area contributed by atoms with Gasteiger partial charge in [-0.3, -0.25) is 0 Å². The van der Waals surface area contributed by atoms with Crippen LogP contribution in [0.2, 0.25) is 5.02 Å². The van der Waals surface area contributed by atoms with E-state index in [-0.39, 0.29) is 22.1 Å². The molecule has 1 heterocycles. The molecule has 0 saturated carbocycles. The Bertz CT molecular complexity index is 614. The van der Waals surface area contributed by atoms with Gasteiger partial charge in [0.25, 0.3) is 0 Å². The van der Waals surface area contributed by atoms with Crippen LogP contribution in [0.25, 0.3) is 0 Å². The summed E-state index contributed by atoms with van der Waals surface area (Å²) in [5, 5.41) is 2.79. The van der Waals surface area contributed by atoms with Crippen molar-refractivity contribution < 1.29 is 4.39 Å². The Morgan fingerprint density at radius 1 is 1.42 bits per heavy atom. The Balaban J connectivity index is 2.33. The van der Waals surface area contributed by atoms with E-state index in [1.807, 2.05) is 12.3 Å². The molecule has 102 valence electrons. The molecule has 0 saturated heterocycles. The molecule has 0 atom stereocenters. The van der Waals surface area contributed by atoms with Gasteiger partial charge >= 0.3 is 0 Å². The third-order valence-corrected chi connectivity index (χ3v) is 3.89. The number of halogens is 2. The van der Waals surface area contributed by atoms with E-state index in [9.17, 15) is 4.39 Å². The van der Waals surface area contributed by atoms with E-state index in [0.29, 0.717) is 6.54 Å². The molecule has 0 fully saturated rings. The Morgan fingerprint density at radius 3 is 2.68 bits per heavy atom. The third kappa shape index (κ3) is 2.74. The second-order valence-corrected chi connectivity index (χ2v) is 5.69. The van der Waals surface area contributed by atoms with Crippen LogP contribution in [0.15, 0.2) is 11.4 Å². The van der Waals surface area contributed by atoms with E-state index in [2.05, 4.69) is 4.98 Å². The lowest BCUT2D eigenvalue weighted by Gasteiger charge is -2.21. The number of nitrogens with two attached hydrogens (primary N) is 2. The van der Waals surface area contributed by atoms with Gasteiger partial charge in [0.15, 0.2) is 5.82 Å². The second-order valence-electron chi connectivity index (χ2n) is 4.25. The molecular formula is C12H14ClFN4S. The number of nitrogen functional groups attached to an aromatic ring is 2. The topological polar surface area (TPSA) is 68.2 Å². The van der Waals surface area contributed by atoms with Crippen molar-refractivity contribution in [2.24, 2.45) is 0 Å². The number of thiazole rings is 1. The van der Waals surface area contributed by atoms with Gasteiger partial charge in [-0.2, -0.15) is 0 Å². The highest BCUT2D eigenvalue weighted by molar-refractivity contribution is 7.09. The maximum absolute atomic E-state index is 14.1. The molecule has 2 aromatic rings. The van der Waals surface area contributed by atoms with Gasteiger partial charge in [-0.1, -0.05) is 11.6 Å². The molecule has 0 aliphatic heterocycles. The molecule has 2 rings (SSSR count). The maximum Gasteiger partial charge on any atom is 0.169 e. The van der Waals surface area contributed by atoms with E-state index >= 15 is 0 Å². The van der Waals surface area contributed by atoms with Crippen LogP contribution in [0, 0.1) is 12.7 Å². The number of hydrogen-bond acceptors (Lipinski definition) is 5. The maximum atomic E-state index is 14.1. The summed E-state index contributed by atoms with van der Waals surface area (Å²) in [6.45, 7) is 2.37. The Kier molecular flexibility index (Phi) is 3.82. The quantitative estimate of drug-likeness (QED) is 0.855. The molecule has 0 aliphatic rings. The summed E-state index contributed by atoms with van der Waals surface area (Å²) in [6, 6.07) is 1.46. The minimum atomic E-state index is -0.603. The number of rotatable bonds is 3. The lowest BCUT2D eigenvalue weighted by atomic mass is 10.2. The molecule has 0 aliphatic carbocycles. The zero-order valence-electron chi connectivity index (χ0n) is 10.6. The van der Waals surface area contributed by atoms with Crippen LogP contribution in [-0.2, 0) is 6.54 Å². The fraction of sp³-hybridized carbons (Fsp3) is 0.250. The molecule has 4 nitrogen and oxygen atoms in total. The standard InChI is InChI=1S/C12H14ClFN4S/c1-6-17-7(5-19-6)4-18(2)12-9(16)3-8(15)10(13)11(12)14/h3,5H,4,15-16H2,1-2H3. The lowest BCUT2D eigenvalue weighted by molar-refractivity contribution is 0.623. The summed E-state index contributed by atoms with van der Waals surface area (Å²) in [4.78, 5) is 6.00. The fourth-order valence-corrected chi connectivity index (χ4v) is 2.60. The summed E-state index contributed by atoms with van der Waals surface area (Å²) in [7, 11) is 1.73. The van der Waals surface area contributed by atoms with Crippen molar-refractivity contribution in [2.75, 3.05) is 23.4 Å². The molecule has 1 aromatic carbocycles. The molecule has 7 heteroatoms. The average molecular weight is 301 g/mol. The fourth-order valence-electron chi connectivity index (χ4n) is 1.85. The first-order valence-electron chi connectivity index (χ1n) is 5.55. The van der Waals surface area contributed by atoms with Crippen LogP contribution < -0.4 is 16.4 Å². The molecule has 0 unspecified atom stereocenters. The van der Waals surface area contributed by atoms with Crippen LogP contribution in [-0.4, -0.2) is 12.0 Å². The molecule has 0 spiro atoms. The molecule has 19 heavy (non-hydrogen) atoms. The van der Waals surface area contributed by atoms with Crippen LogP contribution in [0.3, 0.4) is 0 Å². The SMILES string of the molecule is Cc1nc(CN(C)c2c(N)cc(N)c(Cl)c2F)cs1. The lowest BCUT2D eigenvalue weighted by Crippen LogP contribution is -2.20. The zero-order valence-corrected chi connectivity index (χ0v) is 12.1. The summed E-state index contributed by atoms with van der Waals surface area (Å²) < 4.78 is 14.1.